The van der Waals surface area contributed by atoms with Crippen LogP contribution in [0.1, 0.15) is 51.2 Å². The Morgan fingerprint density at radius 3 is 1.50 bits per heavy atom. The van der Waals surface area contributed by atoms with Crippen LogP contribution in [-0.4, -0.2) is 78.0 Å². The molecule has 6 rings (SSSR count). The van der Waals surface area contributed by atoms with E-state index in [4.69, 9.17) is 22.9 Å². The monoisotopic (exact) mass is 679 g/mol. The Morgan fingerprint density at radius 1 is 0.795 bits per heavy atom. The number of likely N-dealkylation sites (tertiary alicyclic amines) is 2. The van der Waals surface area contributed by atoms with E-state index in [0.29, 0.717) is 12.1 Å². The van der Waals surface area contributed by atoms with Crippen LogP contribution in [0.5, 0.6) is 0 Å². The molecule has 10 nitrogen and oxygen atoms in total. The van der Waals surface area contributed by atoms with Crippen molar-refractivity contribution in [2.24, 2.45) is 0 Å². The average Bonchev–Trinajstić information content (AvgIpc) is 3.72. The van der Waals surface area contributed by atoms with E-state index in [1.165, 1.54) is 61.5 Å². The minimum Gasteiger partial charge on any atom is -0.412 e. The number of imidazole rings is 2. The van der Waals surface area contributed by atoms with E-state index in [9.17, 15) is 13.2 Å². The molecule has 1 radical (unpaired) electrons. The average molecular weight is 680 g/mol. The van der Waals surface area contributed by atoms with Gasteiger partial charge in [0, 0.05) is 25.2 Å². The van der Waals surface area contributed by atoms with E-state index in [0.717, 1.165) is 37.2 Å². The number of benzene rings is 2. The zero-order valence-corrected chi connectivity index (χ0v) is 26.7. The number of aromatic nitrogens is 4. The van der Waals surface area contributed by atoms with Gasteiger partial charge in [-0.15, -0.1) is 0 Å². The van der Waals surface area contributed by atoms with Crippen molar-refractivity contribution in [3.63, 3.8) is 0 Å². The van der Waals surface area contributed by atoms with Gasteiger partial charge in [0.1, 0.15) is 11.6 Å². The molecule has 0 saturated carbocycles. The molecule has 0 spiro atoms. The predicted molar refractivity (Wildman–Crippen MR) is 159 cm³/mol. The number of aryl methyl sites for hydroxylation is 2. The molecule has 2 atom stereocenters. The maximum Gasteiger partial charge on any atom is 2.00 e. The molecule has 241 valence electrons. The van der Waals surface area contributed by atoms with Crippen LogP contribution in [-0.2, 0) is 53.4 Å². The molecule has 2 aliphatic heterocycles. The molecule has 2 aromatic carbocycles. The molecule has 2 fully saturated rings. The molecular weight excluding hydrogens is 640 g/mol. The summed E-state index contributed by atoms with van der Waals surface area (Å²) in [5, 5.41) is 0. The van der Waals surface area contributed by atoms with E-state index >= 15 is 0 Å². The van der Waals surface area contributed by atoms with Crippen molar-refractivity contribution in [3.8, 4) is 0 Å². The number of fused-ring (bicyclic) bond motifs is 2. The fraction of sp³-hybridized carbons (Fsp3) is 0.517. The standard InChI is InChI=1S/C28H36N6.CHF3O3S.Mn.H2O/c1-3-33-23-13-7-5-11-21(23)29-27(33)19-31-17-9-15-25(31)26-16-10-18-32(26)20-28-30-22-12-6-8-14-24(22)34(28)4-2;2-1(3,4)8(5,6)7;;/h5-8,11-14,25-26H,3-4,9-10,15-20H2,1-2H3;(H,5,6,7);;1H2/q;;+2;/t25-,26?;;;/m1.../s1. The molecule has 2 aromatic heterocycles. The second-order valence-electron chi connectivity index (χ2n) is 10.8. The van der Waals surface area contributed by atoms with Crippen LogP contribution < -0.4 is 0 Å². The van der Waals surface area contributed by atoms with Gasteiger partial charge in [0.15, 0.2) is 0 Å². The second-order valence-corrected chi connectivity index (χ2v) is 12.2. The fourth-order valence-electron chi connectivity index (χ4n) is 6.53. The number of alkyl halides is 3. The zero-order valence-electron chi connectivity index (χ0n) is 24.7. The van der Waals surface area contributed by atoms with Gasteiger partial charge in [-0.05, 0) is 76.9 Å². The maximum atomic E-state index is 10.7. The first kappa shape index (κ1) is 36.0. The Labute approximate surface area is 265 Å². The summed E-state index contributed by atoms with van der Waals surface area (Å²) in [4.78, 5) is 15.5. The second kappa shape index (κ2) is 14.7. The van der Waals surface area contributed by atoms with Crippen molar-refractivity contribution in [2.45, 2.75) is 83.3 Å². The molecular formula is C29H39F3MnN6O4S+2. The smallest absolute Gasteiger partial charge is 0.412 e. The summed E-state index contributed by atoms with van der Waals surface area (Å²) >= 11 is 0. The third-order valence-corrected chi connectivity index (χ3v) is 8.94. The van der Waals surface area contributed by atoms with E-state index in [-0.39, 0.29) is 22.5 Å². The number of para-hydroxylation sites is 4. The SMILES string of the molecule is CCn1c(CN2CCCC2[C@H]2CCCN2Cc2nc3ccccc3n2CC)nc2ccccc21.O.O=S(=O)(O)C(F)(F)F.[Mn+2]. The maximum absolute atomic E-state index is 10.7. The van der Waals surface area contributed by atoms with Gasteiger partial charge in [0.2, 0.25) is 0 Å². The normalized spacial score (nSPS) is 19.5. The molecule has 0 aliphatic carbocycles. The summed E-state index contributed by atoms with van der Waals surface area (Å²) in [7, 11) is -5.84. The van der Waals surface area contributed by atoms with Crippen LogP contribution in [0.15, 0.2) is 48.5 Å². The molecule has 15 heteroatoms. The van der Waals surface area contributed by atoms with Gasteiger partial charge in [-0.25, -0.2) is 9.97 Å². The number of rotatable bonds is 7. The molecule has 4 heterocycles. The number of hydrogen-bond donors (Lipinski definition) is 1. The van der Waals surface area contributed by atoms with Gasteiger partial charge in [-0.1, -0.05) is 24.3 Å². The molecule has 2 saturated heterocycles. The van der Waals surface area contributed by atoms with Gasteiger partial charge in [0.25, 0.3) is 0 Å². The minimum absolute atomic E-state index is 0. The van der Waals surface area contributed by atoms with Crippen LogP contribution >= 0.6 is 0 Å². The first-order valence-electron chi connectivity index (χ1n) is 14.4. The number of halogens is 3. The van der Waals surface area contributed by atoms with Crippen LogP contribution in [0.2, 0.25) is 0 Å². The Bertz CT molecular complexity index is 1550. The fourth-order valence-corrected chi connectivity index (χ4v) is 6.53. The molecule has 0 bridgehead atoms. The quantitative estimate of drug-likeness (QED) is 0.172. The van der Waals surface area contributed by atoms with Gasteiger partial charge >= 0.3 is 32.7 Å². The first-order chi connectivity index (χ1) is 20.0. The van der Waals surface area contributed by atoms with Crippen molar-refractivity contribution in [1.82, 2.24) is 28.9 Å². The van der Waals surface area contributed by atoms with Crippen molar-refractivity contribution in [3.05, 3.63) is 60.2 Å². The van der Waals surface area contributed by atoms with E-state index < -0.39 is 15.6 Å². The van der Waals surface area contributed by atoms with Gasteiger partial charge in [0.05, 0.1) is 35.2 Å². The van der Waals surface area contributed by atoms with E-state index in [1.807, 2.05) is 0 Å². The summed E-state index contributed by atoms with van der Waals surface area (Å²) in [6.45, 7) is 10.7. The Balaban J connectivity index is 0.000000471. The molecule has 4 aromatic rings. The summed E-state index contributed by atoms with van der Waals surface area (Å²) in [5.74, 6) is 2.43. The van der Waals surface area contributed by atoms with Gasteiger partial charge < -0.3 is 14.6 Å². The van der Waals surface area contributed by atoms with Gasteiger partial charge in [-0.3, -0.25) is 14.4 Å². The topological polar surface area (TPSA) is 128 Å². The third kappa shape index (κ3) is 7.47. The summed E-state index contributed by atoms with van der Waals surface area (Å²) in [6, 6.07) is 18.3. The summed E-state index contributed by atoms with van der Waals surface area (Å²) < 4.78 is 62.3. The van der Waals surface area contributed by atoms with Gasteiger partial charge in [-0.2, -0.15) is 21.6 Å². The largest absolute Gasteiger partial charge is 2.00 e. The van der Waals surface area contributed by atoms with Crippen LogP contribution in [0.25, 0.3) is 22.1 Å². The molecule has 0 amide bonds. The molecule has 3 N–H and O–H groups in total. The van der Waals surface area contributed by atoms with Crippen LogP contribution in [0.4, 0.5) is 13.2 Å². The molecule has 44 heavy (non-hydrogen) atoms. The zero-order chi connectivity index (χ0) is 30.1. The molecule has 1 unspecified atom stereocenters. The summed E-state index contributed by atoms with van der Waals surface area (Å²) in [5.41, 5.74) is -0.770. The first-order valence-corrected chi connectivity index (χ1v) is 15.9. The van der Waals surface area contributed by atoms with Crippen LogP contribution in [0.3, 0.4) is 0 Å². The van der Waals surface area contributed by atoms with E-state index in [2.05, 4.69) is 81.3 Å². The Hall–Kier alpha value is -2.52. The van der Waals surface area contributed by atoms with E-state index in [1.54, 1.807) is 0 Å². The van der Waals surface area contributed by atoms with Crippen molar-refractivity contribution in [1.29, 1.82) is 0 Å². The minimum atomic E-state index is -5.84. The third-order valence-electron chi connectivity index (χ3n) is 8.35. The Morgan fingerprint density at radius 2 is 1.16 bits per heavy atom. The predicted octanol–water partition coefficient (Wildman–Crippen LogP) is 4.62. The molecule has 2 aliphatic rings. The van der Waals surface area contributed by atoms with Crippen molar-refractivity contribution >= 4 is 32.2 Å². The Kier molecular flexibility index (Phi) is 12.0. The van der Waals surface area contributed by atoms with Crippen molar-refractivity contribution in [2.75, 3.05) is 13.1 Å². The number of hydrogen-bond acceptors (Lipinski definition) is 6. The van der Waals surface area contributed by atoms with Crippen molar-refractivity contribution < 1.29 is 48.7 Å². The summed E-state index contributed by atoms with van der Waals surface area (Å²) in [6.07, 6.45) is 5.15. The van der Waals surface area contributed by atoms with Crippen LogP contribution in [0, 0.1) is 0 Å². The number of nitrogens with zero attached hydrogens (tertiary/aromatic N) is 6.